The molecule has 7 nitrogen and oxygen atoms in total. The lowest BCUT2D eigenvalue weighted by atomic mass is 9.88. The van der Waals surface area contributed by atoms with Gasteiger partial charge >= 0.3 is 5.97 Å². The van der Waals surface area contributed by atoms with Crippen molar-refractivity contribution in [2.45, 2.75) is 38.3 Å². The first-order valence-corrected chi connectivity index (χ1v) is 6.94. The lowest BCUT2D eigenvalue weighted by Crippen LogP contribution is -2.54. The molecule has 0 amide bonds. The van der Waals surface area contributed by atoms with E-state index in [9.17, 15) is 9.90 Å². The summed E-state index contributed by atoms with van der Waals surface area (Å²) in [4.78, 5) is 17.7. The minimum absolute atomic E-state index is 0.309. The van der Waals surface area contributed by atoms with Gasteiger partial charge in [0.05, 0.1) is 12.8 Å². The third-order valence-electron chi connectivity index (χ3n) is 4.03. The molecule has 0 aliphatic carbocycles. The van der Waals surface area contributed by atoms with Crippen molar-refractivity contribution < 1.29 is 18.8 Å². The number of likely N-dealkylation sites (tertiary alicyclic amines) is 1. The molecule has 21 heavy (non-hydrogen) atoms. The molecule has 0 aromatic carbocycles. The molecule has 0 bridgehead atoms. The van der Waals surface area contributed by atoms with E-state index in [1.807, 2.05) is 4.90 Å². The van der Waals surface area contributed by atoms with Crippen molar-refractivity contribution >= 4 is 5.97 Å². The Morgan fingerprint density at radius 2 is 2.38 bits per heavy atom. The fourth-order valence-electron chi connectivity index (χ4n) is 2.66. The number of nitrogens with zero attached hydrogens (tertiary/aromatic N) is 3. The number of rotatable bonds is 4. The number of carboxylic acid groups (broad SMARTS) is 1. The Morgan fingerprint density at radius 1 is 1.52 bits per heavy atom. The fourth-order valence-corrected chi connectivity index (χ4v) is 2.66. The molecular formula is C14H17N3O4. The normalized spacial score (nSPS) is 23.3. The van der Waals surface area contributed by atoms with Gasteiger partial charge in [-0.2, -0.15) is 4.98 Å². The van der Waals surface area contributed by atoms with Crippen LogP contribution in [0.3, 0.4) is 0 Å². The van der Waals surface area contributed by atoms with E-state index in [1.54, 1.807) is 19.1 Å². The van der Waals surface area contributed by atoms with E-state index in [1.165, 1.54) is 6.26 Å². The minimum atomic E-state index is -0.871. The Morgan fingerprint density at radius 3 is 3.10 bits per heavy atom. The lowest BCUT2D eigenvalue weighted by Gasteiger charge is -2.40. The standard InChI is InChI=1S/C14H17N3O4/c1-14(13(18)19)6-2-3-7-17(14)9-11-15-12(21-16-11)10-5-4-8-20-10/h4-5,8H,2-3,6-7,9H2,1H3,(H,18,19). The first kappa shape index (κ1) is 13.8. The van der Waals surface area contributed by atoms with Gasteiger partial charge in [0.15, 0.2) is 11.6 Å². The molecule has 0 spiro atoms. The Labute approximate surface area is 121 Å². The predicted molar refractivity (Wildman–Crippen MR) is 72.3 cm³/mol. The maximum Gasteiger partial charge on any atom is 0.323 e. The van der Waals surface area contributed by atoms with Crippen molar-refractivity contribution in [2.24, 2.45) is 0 Å². The molecule has 0 saturated carbocycles. The zero-order valence-electron chi connectivity index (χ0n) is 11.8. The van der Waals surface area contributed by atoms with Gasteiger partial charge in [0.2, 0.25) is 0 Å². The summed E-state index contributed by atoms with van der Waals surface area (Å²) in [6, 6.07) is 3.48. The summed E-state index contributed by atoms with van der Waals surface area (Å²) in [6.45, 7) is 2.82. The summed E-state index contributed by atoms with van der Waals surface area (Å²) in [5, 5.41) is 13.4. The van der Waals surface area contributed by atoms with Crippen molar-refractivity contribution in [1.29, 1.82) is 0 Å². The average Bonchev–Trinajstić information content (AvgIpc) is 3.12. The van der Waals surface area contributed by atoms with Crippen molar-refractivity contribution in [2.75, 3.05) is 6.54 Å². The first-order chi connectivity index (χ1) is 10.1. The highest BCUT2D eigenvalue weighted by atomic mass is 16.5. The monoisotopic (exact) mass is 291 g/mol. The van der Waals surface area contributed by atoms with E-state index in [-0.39, 0.29) is 0 Å². The number of aliphatic carboxylic acids is 1. The van der Waals surface area contributed by atoms with Crippen LogP contribution in [0.1, 0.15) is 32.0 Å². The molecule has 2 aromatic rings. The van der Waals surface area contributed by atoms with E-state index < -0.39 is 11.5 Å². The van der Waals surface area contributed by atoms with Crippen LogP contribution >= 0.6 is 0 Å². The van der Waals surface area contributed by atoms with Crippen LogP contribution in [0.2, 0.25) is 0 Å². The zero-order chi connectivity index (χ0) is 14.9. The smallest absolute Gasteiger partial charge is 0.323 e. The van der Waals surface area contributed by atoms with Crippen LogP contribution in [-0.4, -0.2) is 38.2 Å². The van der Waals surface area contributed by atoms with Crippen molar-refractivity contribution in [3.8, 4) is 11.7 Å². The molecule has 1 unspecified atom stereocenters. The third-order valence-corrected chi connectivity index (χ3v) is 4.03. The number of carboxylic acids is 1. The van der Waals surface area contributed by atoms with Gasteiger partial charge in [-0.1, -0.05) is 5.16 Å². The van der Waals surface area contributed by atoms with Gasteiger partial charge in [-0.15, -0.1) is 0 Å². The molecule has 1 atom stereocenters. The predicted octanol–water partition coefficient (Wildman–Crippen LogP) is 2.16. The summed E-state index contributed by atoms with van der Waals surface area (Å²) >= 11 is 0. The average molecular weight is 291 g/mol. The van der Waals surface area contributed by atoms with Crippen LogP contribution in [0.15, 0.2) is 27.3 Å². The number of hydrogen-bond acceptors (Lipinski definition) is 6. The number of hydrogen-bond donors (Lipinski definition) is 1. The molecule has 1 N–H and O–H groups in total. The second-order valence-corrected chi connectivity index (χ2v) is 5.45. The molecule has 0 radical (unpaired) electrons. The largest absolute Gasteiger partial charge is 0.480 e. The molecule has 1 aliphatic heterocycles. The first-order valence-electron chi connectivity index (χ1n) is 6.94. The van der Waals surface area contributed by atoms with E-state index in [4.69, 9.17) is 8.94 Å². The SMILES string of the molecule is CC1(C(=O)O)CCCCN1Cc1noc(-c2ccco2)n1. The molecule has 7 heteroatoms. The molecule has 112 valence electrons. The quantitative estimate of drug-likeness (QED) is 0.922. The molecular weight excluding hydrogens is 274 g/mol. The second kappa shape index (κ2) is 5.33. The van der Waals surface area contributed by atoms with E-state index >= 15 is 0 Å². The Bertz CT molecular complexity index is 622. The van der Waals surface area contributed by atoms with E-state index in [2.05, 4.69) is 10.1 Å². The molecule has 1 fully saturated rings. The molecule has 3 heterocycles. The number of furan rings is 1. The topological polar surface area (TPSA) is 92.6 Å². The van der Waals surface area contributed by atoms with Crippen molar-refractivity contribution in [1.82, 2.24) is 15.0 Å². The second-order valence-electron chi connectivity index (χ2n) is 5.45. The Hall–Kier alpha value is -2.15. The number of piperidine rings is 1. The van der Waals surface area contributed by atoms with Crippen molar-refractivity contribution in [3.05, 3.63) is 24.2 Å². The maximum absolute atomic E-state index is 11.5. The molecule has 1 saturated heterocycles. The van der Waals surface area contributed by atoms with Gasteiger partial charge in [0.1, 0.15) is 5.54 Å². The van der Waals surface area contributed by atoms with Crippen LogP contribution in [0.4, 0.5) is 0 Å². The highest BCUT2D eigenvalue weighted by molar-refractivity contribution is 5.78. The number of carbonyl (C=O) groups is 1. The summed E-state index contributed by atoms with van der Waals surface area (Å²) in [6.07, 6.45) is 4.06. The molecule has 1 aliphatic rings. The summed E-state index contributed by atoms with van der Waals surface area (Å²) in [5.74, 6) is 0.477. The highest BCUT2D eigenvalue weighted by Crippen LogP contribution is 2.29. The Kier molecular flexibility index (Phi) is 3.50. The van der Waals surface area contributed by atoms with E-state index in [0.717, 1.165) is 12.8 Å². The van der Waals surface area contributed by atoms with Gasteiger partial charge in [-0.05, 0) is 44.9 Å². The summed E-state index contributed by atoms with van der Waals surface area (Å²) < 4.78 is 10.3. The lowest BCUT2D eigenvalue weighted by molar-refractivity contribution is -0.153. The third kappa shape index (κ3) is 2.56. The van der Waals surface area contributed by atoms with Crippen LogP contribution in [-0.2, 0) is 11.3 Å². The van der Waals surface area contributed by atoms with Gasteiger partial charge in [-0.25, -0.2) is 0 Å². The highest BCUT2D eigenvalue weighted by Gasteiger charge is 2.41. The van der Waals surface area contributed by atoms with Gasteiger partial charge < -0.3 is 14.0 Å². The van der Waals surface area contributed by atoms with E-state index in [0.29, 0.717) is 37.0 Å². The number of aromatic nitrogens is 2. The van der Waals surface area contributed by atoms with Crippen LogP contribution in [0.25, 0.3) is 11.7 Å². The van der Waals surface area contributed by atoms with Gasteiger partial charge in [-0.3, -0.25) is 9.69 Å². The van der Waals surface area contributed by atoms with Crippen LogP contribution < -0.4 is 0 Å². The summed E-state index contributed by atoms with van der Waals surface area (Å²) in [5.41, 5.74) is -0.871. The van der Waals surface area contributed by atoms with Gasteiger partial charge in [0.25, 0.3) is 5.89 Å². The van der Waals surface area contributed by atoms with Crippen LogP contribution in [0, 0.1) is 0 Å². The minimum Gasteiger partial charge on any atom is -0.480 e. The zero-order valence-corrected chi connectivity index (χ0v) is 11.8. The molecule has 2 aromatic heterocycles. The molecule has 3 rings (SSSR count). The van der Waals surface area contributed by atoms with Crippen LogP contribution in [0.5, 0.6) is 0 Å². The maximum atomic E-state index is 11.5. The fraction of sp³-hybridized carbons (Fsp3) is 0.500. The van der Waals surface area contributed by atoms with Gasteiger partial charge in [0, 0.05) is 0 Å². The summed E-state index contributed by atoms with van der Waals surface area (Å²) in [7, 11) is 0. The Balaban J connectivity index is 1.78. The van der Waals surface area contributed by atoms with Crippen molar-refractivity contribution in [3.63, 3.8) is 0 Å².